The van der Waals surface area contributed by atoms with Crippen molar-refractivity contribution in [3.8, 4) is 0 Å². The minimum Gasteiger partial charge on any atom is -0.469 e. The second-order valence-corrected chi connectivity index (χ2v) is 4.64. The number of carbonyl (C=O) groups is 2. The van der Waals surface area contributed by atoms with E-state index in [0.717, 1.165) is 16.6 Å². The number of aromatic amines is 2. The van der Waals surface area contributed by atoms with Crippen LogP contribution in [0, 0.1) is 0 Å². The van der Waals surface area contributed by atoms with Gasteiger partial charge in [0.05, 0.1) is 24.6 Å². The Kier molecular flexibility index (Phi) is 4.76. The Morgan fingerprint density at radius 3 is 2.71 bits per heavy atom. The molecule has 0 radical (unpaired) electrons. The molecule has 2 rings (SSSR count). The van der Waals surface area contributed by atoms with Crippen LogP contribution in [0.2, 0.25) is 0 Å². The molecule has 1 aromatic carbocycles. The van der Waals surface area contributed by atoms with Gasteiger partial charge in [-0.15, -0.1) is 0 Å². The molecule has 2 aromatic rings. The van der Waals surface area contributed by atoms with Crippen LogP contribution in [0.15, 0.2) is 23.0 Å². The highest BCUT2D eigenvalue weighted by atomic mass is 16.5. The number of fused-ring (bicyclic) bond motifs is 1. The number of hydrogen-bond donors (Lipinski definition) is 3. The van der Waals surface area contributed by atoms with Crippen molar-refractivity contribution in [1.29, 1.82) is 0 Å². The Bertz CT molecular complexity index is 702. The zero-order valence-electron chi connectivity index (χ0n) is 11.7. The molecule has 0 aliphatic rings. The smallest absolute Gasteiger partial charge is 0.323 e. The highest BCUT2D eigenvalue weighted by Gasteiger charge is 2.06. The molecule has 0 saturated carbocycles. The maximum atomic E-state index is 11.5. The molecular weight excluding hydrogens is 274 g/mol. The maximum absolute atomic E-state index is 11.5. The van der Waals surface area contributed by atoms with Crippen LogP contribution >= 0.6 is 0 Å². The van der Waals surface area contributed by atoms with Gasteiger partial charge in [-0.1, -0.05) is 6.07 Å². The summed E-state index contributed by atoms with van der Waals surface area (Å²) in [6, 6.07) is 5.59. The predicted molar refractivity (Wildman–Crippen MR) is 76.9 cm³/mol. The molecule has 7 heteroatoms. The van der Waals surface area contributed by atoms with Crippen molar-refractivity contribution in [1.82, 2.24) is 15.3 Å². The van der Waals surface area contributed by atoms with Gasteiger partial charge >= 0.3 is 11.7 Å². The first-order chi connectivity index (χ1) is 10.1. The monoisotopic (exact) mass is 291 g/mol. The topological polar surface area (TPSA) is 104 Å². The van der Waals surface area contributed by atoms with Gasteiger partial charge in [0.2, 0.25) is 5.91 Å². The van der Waals surface area contributed by atoms with Crippen molar-refractivity contribution in [3.05, 3.63) is 34.2 Å². The minimum atomic E-state index is -0.396. The molecule has 1 heterocycles. The van der Waals surface area contributed by atoms with Gasteiger partial charge in [0.15, 0.2) is 0 Å². The van der Waals surface area contributed by atoms with Crippen LogP contribution in [0.4, 0.5) is 0 Å². The number of nitrogens with one attached hydrogen (secondary N) is 3. The van der Waals surface area contributed by atoms with Crippen LogP contribution in [0.3, 0.4) is 0 Å². The lowest BCUT2D eigenvalue weighted by molar-refractivity contribution is -0.142. The van der Waals surface area contributed by atoms with Crippen molar-refractivity contribution >= 4 is 22.9 Å². The fraction of sp³-hybridized carbons (Fsp3) is 0.357. The fourth-order valence-corrected chi connectivity index (χ4v) is 1.99. The fourth-order valence-electron chi connectivity index (χ4n) is 1.99. The highest BCUT2D eigenvalue weighted by Crippen LogP contribution is 2.10. The Labute approximate surface area is 120 Å². The number of imidazole rings is 1. The van der Waals surface area contributed by atoms with E-state index in [1.54, 1.807) is 0 Å². The zero-order chi connectivity index (χ0) is 15.2. The van der Waals surface area contributed by atoms with Gasteiger partial charge in [0, 0.05) is 13.0 Å². The number of rotatable bonds is 6. The van der Waals surface area contributed by atoms with Gasteiger partial charge in [-0.05, 0) is 24.1 Å². The van der Waals surface area contributed by atoms with E-state index >= 15 is 0 Å². The Hall–Kier alpha value is -2.57. The summed E-state index contributed by atoms with van der Waals surface area (Å²) in [7, 11) is 1.29. The Morgan fingerprint density at radius 1 is 1.19 bits per heavy atom. The Balaban J connectivity index is 1.80. The van der Waals surface area contributed by atoms with E-state index in [-0.39, 0.29) is 24.4 Å². The molecule has 112 valence electrons. The number of amides is 1. The number of hydrogen-bond acceptors (Lipinski definition) is 4. The van der Waals surface area contributed by atoms with Crippen LogP contribution < -0.4 is 11.0 Å². The lowest BCUT2D eigenvalue weighted by Crippen LogP contribution is -2.26. The SMILES string of the molecule is COC(=O)CCC(=O)NCCc1ccc2[nH]c(=O)[nH]c2c1. The quantitative estimate of drug-likeness (QED) is 0.673. The van der Waals surface area contributed by atoms with Crippen molar-refractivity contribution in [2.45, 2.75) is 19.3 Å². The molecule has 1 amide bonds. The van der Waals surface area contributed by atoms with Gasteiger partial charge in [-0.25, -0.2) is 4.79 Å². The molecule has 0 aliphatic heterocycles. The van der Waals surface area contributed by atoms with Crippen LogP contribution in [0.25, 0.3) is 11.0 Å². The van der Waals surface area contributed by atoms with Crippen LogP contribution in [-0.2, 0) is 20.7 Å². The first-order valence-corrected chi connectivity index (χ1v) is 6.63. The van der Waals surface area contributed by atoms with Crippen molar-refractivity contribution in [2.24, 2.45) is 0 Å². The molecule has 21 heavy (non-hydrogen) atoms. The van der Waals surface area contributed by atoms with Crippen LogP contribution in [0.1, 0.15) is 18.4 Å². The summed E-state index contributed by atoms with van der Waals surface area (Å²) in [6.45, 7) is 0.472. The molecule has 0 unspecified atom stereocenters. The lowest BCUT2D eigenvalue weighted by Gasteiger charge is -2.05. The summed E-state index contributed by atoms with van der Waals surface area (Å²) < 4.78 is 4.47. The highest BCUT2D eigenvalue weighted by molar-refractivity contribution is 5.81. The van der Waals surface area contributed by atoms with E-state index in [1.807, 2.05) is 18.2 Å². The first kappa shape index (κ1) is 14.8. The summed E-state index contributed by atoms with van der Waals surface area (Å²) in [6.07, 6.45) is 0.850. The van der Waals surface area contributed by atoms with E-state index in [2.05, 4.69) is 20.0 Å². The van der Waals surface area contributed by atoms with Gasteiger partial charge in [0.1, 0.15) is 0 Å². The predicted octanol–water partition coefficient (Wildman–Crippen LogP) is 0.468. The van der Waals surface area contributed by atoms with Gasteiger partial charge in [-0.3, -0.25) is 9.59 Å². The Morgan fingerprint density at radius 2 is 1.95 bits per heavy atom. The summed E-state index contributed by atoms with van der Waals surface area (Å²) >= 11 is 0. The molecule has 0 fully saturated rings. The average Bonchev–Trinajstić information content (AvgIpc) is 2.84. The van der Waals surface area contributed by atoms with Crippen molar-refractivity contribution in [2.75, 3.05) is 13.7 Å². The van der Waals surface area contributed by atoms with Crippen molar-refractivity contribution < 1.29 is 14.3 Å². The number of methoxy groups -OCH3 is 1. The molecule has 3 N–H and O–H groups in total. The number of carbonyl (C=O) groups excluding carboxylic acids is 2. The summed E-state index contributed by atoms with van der Waals surface area (Å²) in [5.41, 5.74) is 2.27. The van der Waals surface area contributed by atoms with Crippen LogP contribution in [0.5, 0.6) is 0 Å². The summed E-state index contributed by atoms with van der Waals surface area (Å²) in [4.78, 5) is 38.9. The lowest BCUT2D eigenvalue weighted by atomic mass is 10.1. The van der Waals surface area contributed by atoms with E-state index in [9.17, 15) is 14.4 Å². The van der Waals surface area contributed by atoms with E-state index < -0.39 is 5.97 Å². The number of benzene rings is 1. The van der Waals surface area contributed by atoms with E-state index in [0.29, 0.717) is 13.0 Å². The number of H-pyrrole nitrogens is 2. The average molecular weight is 291 g/mol. The molecule has 1 aromatic heterocycles. The molecule has 0 atom stereocenters. The number of ether oxygens (including phenoxy) is 1. The summed E-state index contributed by atoms with van der Waals surface area (Å²) in [5, 5.41) is 2.74. The normalized spacial score (nSPS) is 10.5. The number of aromatic nitrogens is 2. The van der Waals surface area contributed by atoms with Gasteiger partial charge in [-0.2, -0.15) is 0 Å². The first-order valence-electron chi connectivity index (χ1n) is 6.63. The second kappa shape index (κ2) is 6.74. The molecule has 7 nitrogen and oxygen atoms in total. The third-order valence-corrected chi connectivity index (χ3v) is 3.10. The number of esters is 1. The van der Waals surface area contributed by atoms with Crippen molar-refractivity contribution in [3.63, 3.8) is 0 Å². The van der Waals surface area contributed by atoms with Gasteiger partial charge < -0.3 is 20.0 Å². The third kappa shape index (κ3) is 4.20. The largest absolute Gasteiger partial charge is 0.469 e. The standard InChI is InChI=1S/C14H17N3O4/c1-21-13(19)5-4-12(18)15-7-6-9-2-3-10-11(8-9)17-14(20)16-10/h2-3,8H,4-7H2,1H3,(H,15,18)(H2,16,17,20). The van der Waals surface area contributed by atoms with E-state index in [1.165, 1.54) is 7.11 Å². The molecule has 0 saturated heterocycles. The summed E-state index contributed by atoms with van der Waals surface area (Å²) in [5.74, 6) is -0.580. The molecule has 0 spiro atoms. The van der Waals surface area contributed by atoms with Crippen LogP contribution in [-0.4, -0.2) is 35.5 Å². The molecular formula is C14H17N3O4. The molecule has 0 bridgehead atoms. The molecule has 0 aliphatic carbocycles. The van der Waals surface area contributed by atoms with Gasteiger partial charge in [0.25, 0.3) is 0 Å². The third-order valence-electron chi connectivity index (χ3n) is 3.10. The van der Waals surface area contributed by atoms with E-state index in [4.69, 9.17) is 0 Å². The maximum Gasteiger partial charge on any atom is 0.323 e. The second-order valence-electron chi connectivity index (χ2n) is 4.64. The minimum absolute atomic E-state index is 0.0822. The zero-order valence-corrected chi connectivity index (χ0v) is 11.7.